The molecule has 2 aromatic rings. The summed E-state index contributed by atoms with van der Waals surface area (Å²) in [5.74, 6) is -2.17. The van der Waals surface area contributed by atoms with Gasteiger partial charge in [-0.05, 0) is 36.4 Å². The Hall–Kier alpha value is -3.20. The summed E-state index contributed by atoms with van der Waals surface area (Å²) in [5.41, 5.74) is 0.329. The molecule has 2 amide bonds. The van der Waals surface area contributed by atoms with E-state index in [-0.39, 0.29) is 17.0 Å². The van der Waals surface area contributed by atoms with Gasteiger partial charge in [0.15, 0.2) is 0 Å². The van der Waals surface area contributed by atoms with E-state index in [9.17, 15) is 24.3 Å². The van der Waals surface area contributed by atoms with E-state index in [2.05, 4.69) is 4.98 Å². The van der Waals surface area contributed by atoms with Gasteiger partial charge < -0.3 is 9.84 Å². The second kappa shape index (κ2) is 7.58. The number of carboxylic acids is 1. The fraction of sp³-hybridized carbons (Fsp3) is 0.167. The Morgan fingerprint density at radius 3 is 2.56 bits per heavy atom. The van der Waals surface area contributed by atoms with Gasteiger partial charge in [-0.2, -0.15) is 0 Å². The van der Waals surface area contributed by atoms with Crippen molar-refractivity contribution in [3.05, 3.63) is 48.2 Å². The number of imide groups is 1. The molecule has 0 bridgehead atoms. The molecule has 138 valence electrons. The molecule has 0 unspecified atom stereocenters. The fourth-order valence-corrected chi connectivity index (χ4v) is 3.68. The van der Waals surface area contributed by atoms with Crippen LogP contribution in [0.5, 0.6) is 5.75 Å². The zero-order valence-corrected chi connectivity index (χ0v) is 14.9. The number of esters is 1. The van der Waals surface area contributed by atoms with Crippen LogP contribution in [-0.2, 0) is 14.4 Å². The highest BCUT2D eigenvalue weighted by molar-refractivity contribution is 8.00. The minimum absolute atomic E-state index is 0.0214. The van der Waals surface area contributed by atoms with Gasteiger partial charge in [-0.3, -0.25) is 14.4 Å². The third-order valence-electron chi connectivity index (χ3n) is 3.72. The second-order valence-corrected chi connectivity index (χ2v) is 6.82. The molecule has 1 N–H and O–H groups in total. The van der Waals surface area contributed by atoms with E-state index in [4.69, 9.17) is 4.74 Å². The average Bonchev–Trinajstić information content (AvgIpc) is 2.89. The molecule has 1 aliphatic rings. The van der Waals surface area contributed by atoms with E-state index in [0.717, 1.165) is 16.7 Å². The first-order valence-electron chi connectivity index (χ1n) is 7.87. The van der Waals surface area contributed by atoms with Crippen LogP contribution in [0.2, 0.25) is 0 Å². The zero-order chi connectivity index (χ0) is 19.6. The van der Waals surface area contributed by atoms with Crippen LogP contribution in [-0.4, -0.2) is 39.1 Å². The average molecular weight is 386 g/mol. The highest BCUT2D eigenvalue weighted by atomic mass is 32.2. The Bertz CT molecular complexity index is 928. The van der Waals surface area contributed by atoms with E-state index in [1.807, 2.05) is 0 Å². The van der Waals surface area contributed by atoms with Crippen molar-refractivity contribution in [3.63, 3.8) is 0 Å². The highest BCUT2D eigenvalue weighted by Crippen LogP contribution is 2.34. The van der Waals surface area contributed by atoms with E-state index in [1.54, 1.807) is 0 Å². The topological polar surface area (TPSA) is 114 Å². The minimum Gasteiger partial charge on any atom is -0.478 e. The van der Waals surface area contributed by atoms with Gasteiger partial charge in [0.1, 0.15) is 10.8 Å². The maximum Gasteiger partial charge on any atom is 0.338 e. The molecule has 2 heterocycles. The number of pyridine rings is 1. The van der Waals surface area contributed by atoms with Crippen molar-refractivity contribution >= 4 is 41.2 Å². The number of carbonyl (C=O) groups excluding carboxylic acids is 3. The molecular formula is C18H14N2O6S. The van der Waals surface area contributed by atoms with Gasteiger partial charge in [0, 0.05) is 19.5 Å². The molecule has 1 atom stereocenters. The summed E-state index contributed by atoms with van der Waals surface area (Å²) in [5, 5.41) is 8.64. The predicted molar refractivity (Wildman–Crippen MR) is 95.7 cm³/mol. The quantitative estimate of drug-likeness (QED) is 0.472. The number of carbonyl (C=O) groups is 4. The van der Waals surface area contributed by atoms with Crippen molar-refractivity contribution in [2.24, 2.45) is 0 Å². The number of benzene rings is 1. The Balaban J connectivity index is 1.79. The summed E-state index contributed by atoms with van der Waals surface area (Å²) < 4.78 is 4.93. The summed E-state index contributed by atoms with van der Waals surface area (Å²) in [6, 6.07) is 8.86. The lowest BCUT2D eigenvalue weighted by atomic mass is 10.3. The first-order valence-corrected chi connectivity index (χ1v) is 8.75. The number of carboxylic acid groups (broad SMARTS) is 1. The van der Waals surface area contributed by atoms with Crippen LogP contribution in [0.4, 0.5) is 5.69 Å². The Morgan fingerprint density at radius 1 is 1.22 bits per heavy atom. The molecule has 8 nitrogen and oxygen atoms in total. The maximum absolute atomic E-state index is 12.7. The number of thioether (sulfide) groups is 1. The molecule has 3 rings (SSSR count). The van der Waals surface area contributed by atoms with Gasteiger partial charge >= 0.3 is 11.9 Å². The predicted octanol–water partition coefficient (Wildman–Crippen LogP) is 2.13. The number of nitrogens with zero attached hydrogens (tertiary/aromatic N) is 2. The van der Waals surface area contributed by atoms with Gasteiger partial charge in [-0.15, -0.1) is 0 Å². The monoisotopic (exact) mass is 386 g/mol. The van der Waals surface area contributed by atoms with Crippen molar-refractivity contribution in [2.45, 2.75) is 23.6 Å². The first-order chi connectivity index (χ1) is 12.9. The molecule has 1 aliphatic heterocycles. The molecule has 1 fully saturated rings. The maximum atomic E-state index is 12.7. The standard InChI is InChI=1S/C18H14N2O6S/c1-10(21)26-12-6-4-11(5-7-12)20-15(22)9-14(17(20)23)27-16-13(18(24)25)3-2-8-19-16/h2-8,14H,9H2,1H3,(H,24,25)/t14-/m1/s1. The van der Waals surface area contributed by atoms with Crippen LogP contribution in [0.25, 0.3) is 0 Å². The summed E-state index contributed by atoms with van der Waals surface area (Å²) in [7, 11) is 0. The largest absolute Gasteiger partial charge is 0.478 e. The molecule has 9 heteroatoms. The van der Waals surface area contributed by atoms with Crippen molar-refractivity contribution < 1.29 is 29.0 Å². The molecular weight excluding hydrogens is 372 g/mol. The van der Waals surface area contributed by atoms with E-state index < -0.39 is 29.0 Å². The number of aromatic carboxylic acids is 1. The number of hydrogen-bond donors (Lipinski definition) is 1. The first kappa shape index (κ1) is 18.6. The lowest BCUT2D eigenvalue weighted by Crippen LogP contribution is -2.31. The highest BCUT2D eigenvalue weighted by Gasteiger charge is 2.40. The summed E-state index contributed by atoms with van der Waals surface area (Å²) >= 11 is 0.955. The van der Waals surface area contributed by atoms with Crippen LogP contribution in [0.3, 0.4) is 0 Å². The van der Waals surface area contributed by atoms with E-state index in [0.29, 0.717) is 11.4 Å². The summed E-state index contributed by atoms with van der Waals surface area (Å²) in [4.78, 5) is 52.3. The van der Waals surface area contributed by atoms with Crippen molar-refractivity contribution in [1.82, 2.24) is 4.98 Å². The SMILES string of the molecule is CC(=O)Oc1ccc(N2C(=O)C[C@@H](Sc3ncccc3C(=O)O)C2=O)cc1. The van der Waals surface area contributed by atoms with Crippen LogP contribution < -0.4 is 9.64 Å². The van der Waals surface area contributed by atoms with Crippen LogP contribution >= 0.6 is 11.8 Å². The van der Waals surface area contributed by atoms with E-state index >= 15 is 0 Å². The third kappa shape index (κ3) is 3.98. The molecule has 0 radical (unpaired) electrons. The molecule has 1 aromatic heterocycles. The molecule has 1 saturated heterocycles. The van der Waals surface area contributed by atoms with Crippen LogP contribution in [0.1, 0.15) is 23.7 Å². The molecule has 27 heavy (non-hydrogen) atoms. The van der Waals surface area contributed by atoms with Gasteiger partial charge in [-0.1, -0.05) is 11.8 Å². The number of ether oxygens (including phenoxy) is 1. The summed E-state index contributed by atoms with van der Waals surface area (Å²) in [6.45, 7) is 1.27. The van der Waals surface area contributed by atoms with E-state index in [1.165, 1.54) is 49.5 Å². The van der Waals surface area contributed by atoms with Gasteiger partial charge in [-0.25, -0.2) is 14.7 Å². The Labute approximate surface area is 158 Å². The van der Waals surface area contributed by atoms with Gasteiger partial charge in [0.2, 0.25) is 11.8 Å². The minimum atomic E-state index is -1.15. The van der Waals surface area contributed by atoms with Crippen LogP contribution in [0.15, 0.2) is 47.6 Å². The number of hydrogen-bond acceptors (Lipinski definition) is 7. The molecule has 0 spiro atoms. The third-order valence-corrected chi connectivity index (χ3v) is 4.92. The number of rotatable bonds is 5. The Morgan fingerprint density at radius 2 is 1.93 bits per heavy atom. The smallest absolute Gasteiger partial charge is 0.338 e. The van der Waals surface area contributed by atoms with Crippen molar-refractivity contribution in [3.8, 4) is 5.75 Å². The number of amides is 2. The van der Waals surface area contributed by atoms with Crippen molar-refractivity contribution in [2.75, 3.05) is 4.90 Å². The van der Waals surface area contributed by atoms with Crippen molar-refractivity contribution in [1.29, 1.82) is 0 Å². The lowest BCUT2D eigenvalue weighted by molar-refractivity contribution is -0.132. The van der Waals surface area contributed by atoms with Gasteiger partial charge in [0.05, 0.1) is 16.5 Å². The lowest BCUT2D eigenvalue weighted by Gasteiger charge is -2.15. The molecule has 1 aromatic carbocycles. The zero-order valence-electron chi connectivity index (χ0n) is 14.1. The van der Waals surface area contributed by atoms with Gasteiger partial charge in [0.25, 0.3) is 0 Å². The molecule has 0 saturated carbocycles. The number of aromatic nitrogens is 1. The Kier molecular flexibility index (Phi) is 5.22. The summed E-state index contributed by atoms with van der Waals surface area (Å²) in [6.07, 6.45) is 1.37. The fourth-order valence-electron chi connectivity index (χ4n) is 2.58. The molecule has 0 aliphatic carbocycles. The normalized spacial score (nSPS) is 16.5. The second-order valence-electron chi connectivity index (χ2n) is 5.63. The number of anilines is 1. The van der Waals surface area contributed by atoms with Crippen LogP contribution in [0, 0.1) is 0 Å².